The van der Waals surface area contributed by atoms with Crippen LogP contribution in [0, 0.1) is 0 Å². The van der Waals surface area contributed by atoms with Crippen LogP contribution in [0.5, 0.6) is 0 Å². The van der Waals surface area contributed by atoms with Crippen LogP contribution in [0.4, 0.5) is 5.82 Å². The molecule has 2 atom stereocenters. The second kappa shape index (κ2) is 10.9. The van der Waals surface area contributed by atoms with Crippen molar-refractivity contribution < 1.29 is 31.3 Å². The summed E-state index contributed by atoms with van der Waals surface area (Å²) in [7, 11) is -7.02. The number of rotatable bonds is 6. The minimum absolute atomic E-state index is 0.131. The normalized spacial score (nSPS) is 20.9. The summed E-state index contributed by atoms with van der Waals surface area (Å²) in [6, 6.07) is 7.32. The summed E-state index contributed by atoms with van der Waals surface area (Å²) in [6.07, 6.45) is 3.85. The van der Waals surface area contributed by atoms with Gasteiger partial charge in [-0.05, 0) is 17.7 Å². The molecule has 0 spiro atoms. The topological polar surface area (TPSA) is 169 Å². The number of anilines is 1. The summed E-state index contributed by atoms with van der Waals surface area (Å²) < 4.78 is 57.2. The first kappa shape index (κ1) is 25.5. The fourth-order valence-corrected chi connectivity index (χ4v) is 4.73. The van der Waals surface area contributed by atoms with Gasteiger partial charge < -0.3 is 19.6 Å². The van der Waals surface area contributed by atoms with Gasteiger partial charge in [-0.2, -0.15) is 8.42 Å². The van der Waals surface area contributed by atoms with Crippen LogP contribution in [-0.2, 0) is 35.0 Å². The molecule has 180 valence electrons. The van der Waals surface area contributed by atoms with E-state index < -0.39 is 17.7 Å². The molecule has 12 nitrogen and oxygen atoms in total. The van der Waals surface area contributed by atoms with Crippen LogP contribution in [0.1, 0.15) is 18.1 Å². The van der Waals surface area contributed by atoms with Crippen LogP contribution in [0.15, 0.2) is 36.9 Å². The van der Waals surface area contributed by atoms with Gasteiger partial charge in [0.05, 0.1) is 31.9 Å². The van der Waals surface area contributed by atoms with Crippen LogP contribution < -0.4 is 5.73 Å². The Morgan fingerprint density at radius 1 is 1.36 bits per heavy atom. The van der Waals surface area contributed by atoms with E-state index >= 15 is 0 Å². The van der Waals surface area contributed by atoms with Gasteiger partial charge in [-0.1, -0.05) is 23.7 Å². The zero-order valence-corrected chi connectivity index (χ0v) is 20.0. The van der Waals surface area contributed by atoms with Gasteiger partial charge in [0.25, 0.3) is 10.1 Å². The maximum atomic E-state index is 12.9. The van der Waals surface area contributed by atoms with Crippen LogP contribution in [0.25, 0.3) is 11.2 Å². The van der Waals surface area contributed by atoms with E-state index in [0.29, 0.717) is 47.8 Å². The van der Waals surface area contributed by atoms with Crippen molar-refractivity contribution in [3.8, 4) is 0 Å². The van der Waals surface area contributed by atoms with Crippen molar-refractivity contribution in [1.82, 2.24) is 19.5 Å². The minimum atomic E-state index is -3.67. The predicted molar refractivity (Wildman–Crippen MR) is 121 cm³/mol. The lowest BCUT2D eigenvalue weighted by molar-refractivity contribution is 0.0563. The smallest absolute Gasteiger partial charge is 0.356 e. The maximum absolute atomic E-state index is 12.9. The molecule has 0 saturated carbocycles. The average molecular weight is 520 g/mol. The minimum Gasteiger partial charge on any atom is -0.382 e. The lowest BCUT2D eigenvalue weighted by atomic mass is 10.1. The molecule has 0 bridgehead atoms. The van der Waals surface area contributed by atoms with Crippen molar-refractivity contribution in [2.24, 2.45) is 0 Å². The quantitative estimate of drug-likeness (QED) is 0.279. The Balaban J connectivity index is 0.000000555. The molecule has 0 unspecified atom stereocenters. The molecule has 0 amide bonds. The van der Waals surface area contributed by atoms with Gasteiger partial charge in [-0.3, -0.25) is 13.6 Å². The number of hydrogen-bond acceptors (Lipinski definition) is 10. The van der Waals surface area contributed by atoms with Gasteiger partial charge in [0.2, 0.25) is 0 Å². The van der Waals surface area contributed by atoms with Crippen LogP contribution in [-0.4, -0.2) is 58.3 Å². The molecule has 1 fully saturated rings. The van der Waals surface area contributed by atoms with E-state index in [1.165, 1.54) is 6.33 Å². The molecule has 33 heavy (non-hydrogen) atoms. The third-order valence-corrected chi connectivity index (χ3v) is 6.22. The molecule has 0 radical (unpaired) electrons. The van der Waals surface area contributed by atoms with Crippen LogP contribution in [0.3, 0.4) is 0 Å². The second-order valence-corrected chi connectivity index (χ2v) is 10.9. The number of hydrogen-bond donors (Lipinski definition) is 2. The Morgan fingerprint density at radius 2 is 2.12 bits per heavy atom. The molecule has 3 aromatic rings. The third-order valence-electron chi connectivity index (χ3n) is 4.33. The largest absolute Gasteiger partial charge is 0.382 e. The number of nitrogens with zero attached hydrogens (tertiary/aromatic N) is 4. The molecular formula is C18H23ClN5O7PS. The molecule has 2 aromatic heterocycles. The average Bonchev–Trinajstić information content (AvgIpc) is 3.15. The van der Waals surface area contributed by atoms with E-state index in [4.69, 9.17) is 35.7 Å². The Morgan fingerprint density at radius 3 is 2.85 bits per heavy atom. The number of fused-ring (bicyclic) bond motifs is 1. The first-order valence-electron chi connectivity index (χ1n) is 9.63. The summed E-state index contributed by atoms with van der Waals surface area (Å²) in [5, 5.41) is 0.607. The van der Waals surface area contributed by atoms with E-state index in [1.54, 1.807) is 23.0 Å². The first-order chi connectivity index (χ1) is 15.5. The molecule has 3 heterocycles. The lowest BCUT2D eigenvalue weighted by Crippen LogP contribution is -2.17. The molecule has 1 aliphatic heterocycles. The molecular weight excluding hydrogens is 497 g/mol. The number of aromatic nitrogens is 4. The monoisotopic (exact) mass is 519 g/mol. The van der Waals surface area contributed by atoms with E-state index in [-0.39, 0.29) is 19.1 Å². The zero-order valence-electron chi connectivity index (χ0n) is 17.6. The maximum Gasteiger partial charge on any atom is 0.356 e. The Kier molecular flexibility index (Phi) is 8.40. The summed E-state index contributed by atoms with van der Waals surface area (Å²) in [5.74, 6) is 0.324. The lowest BCUT2D eigenvalue weighted by Gasteiger charge is -2.30. The molecule has 1 saturated heterocycles. The number of benzene rings is 1. The summed E-state index contributed by atoms with van der Waals surface area (Å²) in [5.41, 5.74) is 7.81. The number of nitrogens with two attached hydrogens (primary N) is 1. The highest BCUT2D eigenvalue weighted by molar-refractivity contribution is 7.85. The molecule has 3 N–H and O–H groups in total. The second-order valence-electron chi connectivity index (χ2n) is 7.02. The highest BCUT2D eigenvalue weighted by Crippen LogP contribution is 2.56. The molecule has 4 rings (SSSR count). The van der Waals surface area contributed by atoms with Gasteiger partial charge >= 0.3 is 7.60 Å². The third kappa shape index (κ3) is 7.71. The number of imidazole rings is 1. The molecule has 1 aromatic carbocycles. The standard InChI is InChI=1S/C17H19ClN5O4P.CH4O3S/c18-13-3-1-2-12(8-13)14-4-6-26-28(24,27-14)11-25-7-5-23-10-22-15-16(19)20-9-21-17(15)23;1-5(2,3)4/h1-3,8-10,14H,4-7,11H2,(H2,19,20,21);1H3,(H,2,3,4)/t14-,28+;/m0./s1. The fourth-order valence-electron chi connectivity index (χ4n) is 2.98. The number of halogens is 1. The van der Waals surface area contributed by atoms with Crippen molar-refractivity contribution in [2.75, 3.05) is 31.6 Å². The number of nitrogen functional groups attached to an aromatic ring is 1. The Bertz CT molecular complexity index is 1250. The van der Waals surface area contributed by atoms with Gasteiger partial charge in [-0.15, -0.1) is 0 Å². The van der Waals surface area contributed by atoms with Crippen LogP contribution in [0.2, 0.25) is 5.02 Å². The Hall–Kier alpha value is -2.12. The molecule has 15 heteroatoms. The van der Waals surface area contributed by atoms with E-state index in [1.807, 2.05) is 12.1 Å². The van der Waals surface area contributed by atoms with Crippen molar-refractivity contribution in [1.29, 1.82) is 0 Å². The fraction of sp³-hybridized carbons (Fsp3) is 0.389. The highest BCUT2D eigenvalue weighted by Gasteiger charge is 2.34. The van der Waals surface area contributed by atoms with Gasteiger partial charge in [0, 0.05) is 18.0 Å². The molecule has 0 aliphatic carbocycles. The van der Waals surface area contributed by atoms with Crippen molar-refractivity contribution in [3.63, 3.8) is 0 Å². The molecule has 1 aliphatic rings. The summed E-state index contributed by atoms with van der Waals surface area (Å²) in [4.78, 5) is 12.3. The summed E-state index contributed by atoms with van der Waals surface area (Å²) >= 11 is 6.03. The van der Waals surface area contributed by atoms with Crippen molar-refractivity contribution in [2.45, 2.75) is 19.1 Å². The van der Waals surface area contributed by atoms with Gasteiger partial charge in [-0.25, -0.2) is 15.0 Å². The van der Waals surface area contributed by atoms with E-state index in [2.05, 4.69) is 15.0 Å². The number of ether oxygens (including phenoxy) is 1. The Labute approximate surface area is 195 Å². The summed E-state index contributed by atoms with van der Waals surface area (Å²) in [6.45, 7) is 1.08. The SMILES string of the molecule is CS(=O)(=O)O.Nc1ncnc2c1ncn2CCOC[P@@]1(=O)OCC[C@@H](c2cccc(Cl)c2)O1. The zero-order chi connectivity index (χ0) is 24.1. The first-order valence-corrected chi connectivity index (χ1v) is 13.6. The van der Waals surface area contributed by atoms with Gasteiger partial charge in [0.15, 0.2) is 11.5 Å². The van der Waals surface area contributed by atoms with Crippen molar-refractivity contribution >= 4 is 46.3 Å². The van der Waals surface area contributed by atoms with Gasteiger partial charge in [0.1, 0.15) is 18.2 Å². The van der Waals surface area contributed by atoms with Crippen molar-refractivity contribution in [3.05, 3.63) is 47.5 Å². The van der Waals surface area contributed by atoms with E-state index in [0.717, 1.165) is 5.56 Å². The highest BCUT2D eigenvalue weighted by atomic mass is 35.5. The van der Waals surface area contributed by atoms with Crippen LogP contribution >= 0.6 is 19.2 Å². The predicted octanol–water partition coefficient (Wildman–Crippen LogP) is 2.91. The van der Waals surface area contributed by atoms with E-state index in [9.17, 15) is 13.0 Å².